The topological polar surface area (TPSA) is 87.7 Å². The fraction of sp³-hybridized carbons (Fsp3) is 0.824. The summed E-state index contributed by atoms with van der Waals surface area (Å²) >= 11 is 0. The maximum atomic E-state index is 12.5. The zero-order valence-corrected chi connectivity index (χ0v) is 15.2. The SMILES string of the molecule is CCC(C)C(C(CC=O)OC)N(C)C(=O)CNC(=O)C1CCCN1. The molecule has 1 aliphatic heterocycles. The molecule has 1 aliphatic rings. The van der Waals surface area contributed by atoms with Gasteiger partial charge in [-0.1, -0.05) is 20.3 Å². The zero-order valence-electron chi connectivity index (χ0n) is 15.2. The predicted molar refractivity (Wildman–Crippen MR) is 91.5 cm³/mol. The highest BCUT2D eigenvalue weighted by Crippen LogP contribution is 2.21. The van der Waals surface area contributed by atoms with Gasteiger partial charge in [-0.3, -0.25) is 9.59 Å². The zero-order chi connectivity index (χ0) is 18.1. The van der Waals surface area contributed by atoms with Crippen LogP contribution in [0.4, 0.5) is 0 Å². The van der Waals surface area contributed by atoms with E-state index >= 15 is 0 Å². The van der Waals surface area contributed by atoms with Gasteiger partial charge in [0.25, 0.3) is 0 Å². The monoisotopic (exact) mass is 341 g/mol. The molecule has 7 heteroatoms. The van der Waals surface area contributed by atoms with Gasteiger partial charge < -0.3 is 25.1 Å². The summed E-state index contributed by atoms with van der Waals surface area (Å²) in [6.07, 6.45) is 3.34. The minimum atomic E-state index is -0.349. The number of amides is 2. The third kappa shape index (κ3) is 5.56. The summed E-state index contributed by atoms with van der Waals surface area (Å²) < 4.78 is 5.43. The highest BCUT2D eigenvalue weighted by Gasteiger charge is 2.32. The standard InChI is InChI=1S/C17H31N3O4/c1-5-12(2)16(14(24-4)8-10-21)20(3)15(22)11-19-17(23)13-7-6-9-18-13/h10,12-14,16,18H,5-9,11H2,1-4H3,(H,19,23). The first kappa shape index (κ1) is 20.6. The van der Waals surface area contributed by atoms with Crippen LogP contribution in [0.2, 0.25) is 0 Å². The maximum Gasteiger partial charge on any atom is 0.242 e. The van der Waals surface area contributed by atoms with Gasteiger partial charge in [-0.25, -0.2) is 0 Å². The lowest BCUT2D eigenvalue weighted by molar-refractivity contribution is -0.138. The summed E-state index contributed by atoms with van der Waals surface area (Å²) in [5.41, 5.74) is 0. The Labute approximate surface area is 144 Å². The average Bonchev–Trinajstić information content (AvgIpc) is 3.12. The lowest BCUT2D eigenvalue weighted by atomic mass is 9.91. The Bertz CT molecular complexity index is 424. The molecular formula is C17H31N3O4. The van der Waals surface area contributed by atoms with E-state index in [1.54, 1.807) is 19.1 Å². The lowest BCUT2D eigenvalue weighted by Gasteiger charge is -2.37. The van der Waals surface area contributed by atoms with E-state index in [9.17, 15) is 14.4 Å². The van der Waals surface area contributed by atoms with E-state index in [2.05, 4.69) is 10.6 Å². The molecule has 1 heterocycles. The maximum absolute atomic E-state index is 12.5. The van der Waals surface area contributed by atoms with Crippen molar-refractivity contribution < 1.29 is 19.1 Å². The molecule has 0 saturated carbocycles. The van der Waals surface area contributed by atoms with Crippen molar-refractivity contribution in [3.8, 4) is 0 Å². The van der Waals surface area contributed by atoms with E-state index in [4.69, 9.17) is 4.74 Å². The molecule has 0 aliphatic carbocycles. The van der Waals surface area contributed by atoms with Gasteiger partial charge in [-0.15, -0.1) is 0 Å². The smallest absolute Gasteiger partial charge is 0.242 e. The third-order valence-electron chi connectivity index (χ3n) is 4.87. The second kappa shape index (κ2) is 10.4. The number of hydrogen-bond acceptors (Lipinski definition) is 5. The molecule has 138 valence electrons. The first-order chi connectivity index (χ1) is 11.5. The minimum Gasteiger partial charge on any atom is -0.379 e. The van der Waals surface area contributed by atoms with Crippen LogP contribution in [0.3, 0.4) is 0 Å². The van der Waals surface area contributed by atoms with Crippen molar-refractivity contribution in [1.29, 1.82) is 0 Å². The molecule has 0 bridgehead atoms. The van der Waals surface area contributed by atoms with Gasteiger partial charge in [0, 0.05) is 20.6 Å². The van der Waals surface area contributed by atoms with Crippen LogP contribution in [0.25, 0.3) is 0 Å². The van der Waals surface area contributed by atoms with Crippen LogP contribution in [-0.2, 0) is 19.1 Å². The summed E-state index contributed by atoms with van der Waals surface area (Å²) in [6.45, 7) is 4.87. The Balaban J connectivity index is 2.66. The summed E-state index contributed by atoms with van der Waals surface area (Å²) in [5, 5.41) is 5.81. The first-order valence-corrected chi connectivity index (χ1v) is 8.69. The molecule has 0 aromatic carbocycles. The Morgan fingerprint density at radius 3 is 2.67 bits per heavy atom. The molecular weight excluding hydrogens is 310 g/mol. The Kier molecular flexibility index (Phi) is 8.92. The van der Waals surface area contributed by atoms with Crippen LogP contribution in [-0.4, -0.2) is 68.4 Å². The molecule has 24 heavy (non-hydrogen) atoms. The lowest BCUT2D eigenvalue weighted by Crippen LogP contribution is -2.52. The van der Waals surface area contributed by atoms with Gasteiger partial charge in [-0.2, -0.15) is 0 Å². The van der Waals surface area contributed by atoms with Crippen molar-refractivity contribution >= 4 is 18.1 Å². The quantitative estimate of drug-likeness (QED) is 0.559. The van der Waals surface area contributed by atoms with Crippen molar-refractivity contribution in [2.75, 3.05) is 27.2 Å². The number of ether oxygens (including phenoxy) is 1. The number of methoxy groups -OCH3 is 1. The van der Waals surface area contributed by atoms with Gasteiger partial charge in [0.2, 0.25) is 11.8 Å². The fourth-order valence-electron chi connectivity index (χ4n) is 3.19. The minimum absolute atomic E-state index is 0.0437. The van der Waals surface area contributed by atoms with E-state index in [0.29, 0.717) is 0 Å². The number of likely N-dealkylation sites (N-methyl/N-ethyl adjacent to an activating group) is 1. The molecule has 7 nitrogen and oxygen atoms in total. The van der Waals surface area contributed by atoms with Gasteiger partial charge in [0.15, 0.2) is 0 Å². The highest BCUT2D eigenvalue weighted by molar-refractivity contribution is 5.87. The van der Waals surface area contributed by atoms with Crippen molar-refractivity contribution in [3.63, 3.8) is 0 Å². The number of nitrogens with one attached hydrogen (secondary N) is 2. The fourth-order valence-corrected chi connectivity index (χ4v) is 3.19. The van der Waals surface area contributed by atoms with Crippen LogP contribution in [0.15, 0.2) is 0 Å². The average molecular weight is 341 g/mol. The summed E-state index contributed by atoms with van der Waals surface area (Å²) in [4.78, 5) is 37.0. The molecule has 0 spiro atoms. The van der Waals surface area contributed by atoms with Crippen LogP contribution in [0.5, 0.6) is 0 Å². The van der Waals surface area contributed by atoms with E-state index < -0.39 is 0 Å². The van der Waals surface area contributed by atoms with Crippen molar-refractivity contribution in [2.45, 2.75) is 57.7 Å². The molecule has 1 fully saturated rings. The summed E-state index contributed by atoms with van der Waals surface area (Å²) in [6, 6.07) is -0.408. The van der Waals surface area contributed by atoms with Crippen LogP contribution in [0, 0.1) is 5.92 Å². The molecule has 4 atom stereocenters. The molecule has 0 radical (unpaired) electrons. The molecule has 0 aromatic rings. The molecule has 1 rings (SSSR count). The third-order valence-corrected chi connectivity index (χ3v) is 4.87. The van der Waals surface area contributed by atoms with Crippen molar-refractivity contribution in [1.82, 2.24) is 15.5 Å². The van der Waals surface area contributed by atoms with Crippen molar-refractivity contribution in [3.05, 3.63) is 0 Å². The Morgan fingerprint density at radius 2 is 2.17 bits per heavy atom. The predicted octanol–water partition coefficient (Wildman–Crippen LogP) is 0.332. The van der Waals surface area contributed by atoms with Crippen LogP contribution in [0.1, 0.15) is 39.5 Å². The van der Waals surface area contributed by atoms with Crippen molar-refractivity contribution in [2.24, 2.45) is 5.92 Å². The Hall–Kier alpha value is -1.47. The molecule has 1 saturated heterocycles. The first-order valence-electron chi connectivity index (χ1n) is 8.69. The number of aldehydes is 1. The molecule has 2 amide bonds. The number of rotatable bonds is 10. The number of nitrogens with zero attached hydrogens (tertiary/aromatic N) is 1. The van der Waals surface area contributed by atoms with E-state index in [1.807, 2.05) is 13.8 Å². The van der Waals surface area contributed by atoms with Crippen LogP contribution < -0.4 is 10.6 Å². The second-order valence-electron chi connectivity index (χ2n) is 6.42. The summed E-state index contributed by atoms with van der Waals surface area (Å²) in [5.74, 6) is -0.138. The normalized spacial score (nSPS) is 20.9. The van der Waals surface area contributed by atoms with Crippen LogP contribution >= 0.6 is 0 Å². The molecule has 2 N–H and O–H groups in total. The molecule has 4 unspecified atom stereocenters. The Morgan fingerprint density at radius 1 is 1.46 bits per heavy atom. The summed E-state index contributed by atoms with van der Waals surface area (Å²) in [7, 11) is 3.26. The van der Waals surface area contributed by atoms with Gasteiger partial charge in [-0.05, 0) is 25.3 Å². The molecule has 0 aromatic heterocycles. The van der Waals surface area contributed by atoms with E-state index in [1.165, 1.54) is 0 Å². The van der Waals surface area contributed by atoms with E-state index in [-0.39, 0.29) is 48.9 Å². The largest absolute Gasteiger partial charge is 0.379 e. The number of hydrogen-bond donors (Lipinski definition) is 2. The van der Waals surface area contributed by atoms with Gasteiger partial charge in [0.1, 0.15) is 6.29 Å². The highest BCUT2D eigenvalue weighted by atomic mass is 16.5. The second-order valence-corrected chi connectivity index (χ2v) is 6.42. The van der Waals surface area contributed by atoms with E-state index in [0.717, 1.165) is 32.1 Å². The van der Waals surface area contributed by atoms with Gasteiger partial charge >= 0.3 is 0 Å². The van der Waals surface area contributed by atoms with Gasteiger partial charge in [0.05, 0.1) is 24.7 Å². The number of carbonyl (C=O) groups excluding carboxylic acids is 3. The number of carbonyl (C=O) groups is 3.